The molecule has 3 nitrogen and oxygen atoms in total. The number of nitrogens with zero attached hydrogens (tertiary/aromatic N) is 3. The molecule has 0 aliphatic rings. The van der Waals surface area contributed by atoms with E-state index in [9.17, 15) is 0 Å². The Balaban J connectivity index is 2.10. The Morgan fingerprint density at radius 2 is 2.00 bits per heavy atom. The van der Waals surface area contributed by atoms with Crippen molar-refractivity contribution in [3.05, 3.63) is 60.7 Å². The zero-order valence-corrected chi connectivity index (χ0v) is 11.0. The lowest BCUT2D eigenvalue weighted by molar-refractivity contribution is 0.545. The Bertz CT molecular complexity index is 658. The zero-order valence-electron chi connectivity index (χ0n) is 11.0. The summed E-state index contributed by atoms with van der Waals surface area (Å²) >= 11 is 0. The highest BCUT2D eigenvalue weighted by Gasteiger charge is 2.15. The van der Waals surface area contributed by atoms with E-state index in [4.69, 9.17) is 0 Å². The van der Waals surface area contributed by atoms with Gasteiger partial charge < -0.3 is 4.57 Å². The van der Waals surface area contributed by atoms with E-state index in [0.717, 1.165) is 23.9 Å². The second-order valence-corrected chi connectivity index (χ2v) is 4.74. The molecule has 0 saturated carbocycles. The minimum atomic E-state index is 0.346. The third kappa shape index (κ3) is 2.24. The van der Waals surface area contributed by atoms with Crippen molar-refractivity contribution in [1.82, 2.24) is 14.5 Å². The van der Waals surface area contributed by atoms with Gasteiger partial charge in [-0.25, -0.2) is 9.97 Å². The fourth-order valence-corrected chi connectivity index (χ4v) is 2.56. The predicted molar refractivity (Wildman–Crippen MR) is 77.0 cm³/mol. The van der Waals surface area contributed by atoms with Crippen LogP contribution in [0.3, 0.4) is 0 Å². The van der Waals surface area contributed by atoms with E-state index >= 15 is 0 Å². The first-order valence-electron chi connectivity index (χ1n) is 6.71. The normalized spacial score (nSPS) is 12.7. The van der Waals surface area contributed by atoms with Crippen molar-refractivity contribution in [2.24, 2.45) is 0 Å². The SMILES string of the molecule is CCCC(c1ccccc1)n1ccc2cncnc21. The molecule has 0 N–H and O–H groups in total. The highest BCUT2D eigenvalue weighted by molar-refractivity contribution is 5.75. The molecule has 0 spiro atoms. The molecule has 3 aromatic rings. The van der Waals surface area contributed by atoms with E-state index < -0.39 is 0 Å². The predicted octanol–water partition coefficient (Wildman–Crippen LogP) is 3.82. The first-order valence-corrected chi connectivity index (χ1v) is 6.71. The van der Waals surface area contributed by atoms with Crippen LogP contribution in [0, 0.1) is 0 Å². The van der Waals surface area contributed by atoms with Gasteiger partial charge in [0.1, 0.15) is 12.0 Å². The number of aromatic nitrogens is 3. The Labute approximate surface area is 112 Å². The smallest absolute Gasteiger partial charge is 0.143 e. The van der Waals surface area contributed by atoms with Crippen molar-refractivity contribution in [2.75, 3.05) is 0 Å². The lowest BCUT2D eigenvalue weighted by Crippen LogP contribution is -2.10. The number of rotatable bonds is 4. The van der Waals surface area contributed by atoms with Crippen molar-refractivity contribution in [3.63, 3.8) is 0 Å². The van der Waals surface area contributed by atoms with Crippen LogP contribution in [0.5, 0.6) is 0 Å². The molecule has 0 fully saturated rings. The van der Waals surface area contributed by atoms with E-state index in [0.29, 0.717) is 6.04 Å². The summed E-state index contributed by atoms with van der Waals surface area (Å²) < 4.78 is 2.26. The van der Waals surface area contributed by atoms with Crippen LogP contribution in [0.15, 0.2) is 55.1 Å². The lowest BCUT2D eigenvalue weighted by atomic mass is 10.0. The molecule has 0 amide bonds. The van der Waals surface area contributed by atoms with Crippen LogP contribution in [0.4, 0.5) is 0 Å². The van der Waals surface area contributed by atoms with Crippen molar-refractivity contribution < 1.29 is 0 Å². The van der Waals surface area contributed by atoms with Gasteiger partial charge >= 0.3 is 0 Å². The van der Waals surface area contributed by atoms with Crippen molar-refractivity contribution in [1.29, 1.82) is 0 Å². The lowest BCUT2D eigenvalue weighted by Gasteiger charge is -2.19. The summed E-state index contributed by atoms with van der Waals surface area (Å²) in [6, 6.07) is 13.1. The van der Waals surface area contributed by atoms with Gasteiger partial charge in [0.2, 0.25) is 0 Å². The van der Waals surface area contributed by atoms with E-state index in [1.807, 2.05) is 6.20 Å². The number of benzene rings is 1. The van der Waals surface area contributed by atoms with Crippen LogP contribution in [-0.2, 0) is 0 Å². The van der Waals surface area contributed by atoms with Gasteiger partial charge in [-0.05, 0) is 18.1 Å². The summed E-state index contributed by atoms with van der Waals surface area (Å²) in [6.45, 7) is 2.22. The second-order valence-electron chi connectivity index (χ2n) is 4.74. The quantitative estimate of drug-likeness (QED) is 0.705. The van der Waals surface area contributed by atoms with E-state index in [1.165, 1.54) is 5.56 Å². The van der Waals surface area contributed by atoms with Crippen molar-refractivity contribution in [2.45, 2.75) is 25.8 Å². The van der Waals surface area contributed by atoms with Gasteiger partial charge in [0.05, 0.1) is 6.04 Å². The number of fused-ring (bicyclic) bond motifs is 1. The summed E-state index contributed by atoms with van der Waals surface area (Å²) in [4.78, 5) is 8.50. The second kappa shape index (κ2) is 5.22. The molecule has 0 aliphatic heterocycles. The molecule has 1 unspecified atom stereocenters. The maximum absolute atomic E-state index is 4.42. The molecule has 0 saturated heterocycles. The highest BCUT2D eigenvalue weighted by Crippen LogP contribution is 2.27. The van der Waals surface area contributed by atoms with Crippen LogP contribution in [0.1, 0.15) is 31.4 Å². The minimum Gasteiger partial charge on any atom is -0.325 e. The number of hydrogen-bond donors (Lipinski definition) is 0. The van der Waals surface area contributed by atoms with Gasteiger partial charge in [-0.15, -0.1) is 0 Å². The van der Waals surface area contributed by atoms with Crippen LogP contribution < -0.4 is 0 Å². The summed E-state index contributed by atoms with van der Waals surface area (Å²) in [5.41, 5.74) is 2.35. The van der Waals surface area contributed by atoms with E-state index in [2.05, 4.69) is 64.1 Å². The van der Waals surface area contributed by atoms with Gasteiger partial charge in [0.25, 0.3) is 0 Å². The van der Waals surface area contributed by atoms with Gasteiger partial charge in [-0.2, -0.15) is 0 Å². The highest BCUT2D eigenvalue weighted by atomic mass is 15.1. The van der Waals surface area contributed by atoms with Crippen LogP contribution in [0.2, 0.25) is 0 Å². The summed E-state index contributed by atoms with van der Waals surface area (Å²) in [5.74, 6) is 0. The molecule has 2 heterocycles. The zero-order chi connectivity index (χ0) is 13.1. The molecule has 2 aromatic heterocycles. The fourth-order valence-electron chi connectivity index (χ4n) is 2.56. The van der Waals surface area contributed by atoms with Gasteiger partial charge in [0, 0.05) is 17.8 Å². The molecule has 1 atom stereocenters. The monoisotopic (exact) mass is 251 g/mol. The Hall–Kier alpha value is -2.16. The molecule has 0 aliphatic carbocycles. The van der Waals surface area contributed by atoms with Gasteiger partial charge in [-0.1, -0.05) is 43.7 Å². The largest absolute Gasteiger partial charge is 0.325 e. The molecule has 1 aromatic carbocycles. The molecule has 0 radical (unpaired) electrons. The topological polar surface area (TPSA) is 30.7 Å². The third-order valence-corrected chi connectivity index (χ3v) is 3.46. The first-order chi connectivity index (χ1) is 9.40. The standard InChI is InChI=1S/C16H17N3/c1-2-6-15(13-7-4-3-5-8-13)19-10-9-14-11-17-12-18-16(14)19/h3-5,7-12,15H,2,6H2,1H3. The maximum Gasteiger partial charge on any atom is 0.143 e. The molecule has 3 heteroatoms. The third-order valence-electron chi connectivity index (χ3n) is 3.46. The summed E-state index contributed by atoms with van der Waals surface area (Å²) in [5, 5.41) is 1.10. The maximum atomic E-state index is 4.42. The average Bonchev–Trinajstić information content (AvgIpc) is 2.89. The van der Waals surface area contributed by atoms with Gasteiger partial charge in [0.15, 0.2) is 0 Å². The van der Waals surface area contributed by atoms with Crippen molar-refractivity contribution >= 4 is 11.0 Å². The average molecular weight is 251 g/mol. The fraction of sp³-hybridized carbons (Fsp3) is 0.250. The van der Waals surface area contributed by atoms with Crippen LogP contribution >= 0.6 is 0 Å². The van der Waals surface area contributed by atoms with Crippen LogP contribution in [-0.4, -0.2) is 14.5 Å². The molecule has 19 heavy (non-hydrogen) atoms. The minimum absolute atomic E-state index is 0.346. The molecule has 96 valence electrons. The molecular weight excluding hydrogens is 234 g/mol. The van der Waals surface area contributed by atoms with Crippen molar-refractivity contribution in [3.8, 4) is 0 Å². The van der Waals surface area contributed by atoms with Gasteiger partial charge in [-0.3, -0.25) is 0 Å². The summed E-state index contributed by atoms with van der Waals surface area (Å²) in [7, 11) is 0. The molecular formula is C16H17N3. The molecule has 0 bridgehead atoms. The van der Waals surface area contributed by atoms with E-state index in [1.54, 1.807) is 6.33 Å². The Morgan fingerprint density at radius 3 is 2.79 bits per heavy atom. The number of hydrogen-bond acceptors (Lipinski definition) is 2. The summed E-state index contributed by atoms with van der Waals surface area (Å²) in [6.07, 6.45) is 7.86. The van der Waals surface area contributed by atoms with Crippen LogP contribution in [0.25, 0.3) is 11.0 Å². The van der Waals surface area contributed by atoms with E-state index in [-0.39, 0.29) is 0 Å². The first kappa shape index (κ1) is 11.9. The molecule has 3 rings (SSSR count). The Morgan fingerprint density at radius 1 is 1.16 bits per heavy atom. The Kier molecular flexibility index (Phi) is 3.27.